The van der Waals surface area contributed by atoms with E-state index in [4.69, 9.17) is 0 Å². The van der Waals surface area contributed by atoms with Gasteiger partial charge in [0.2, 0.25) is 5.43 Å². The summed E-state index contributed by atoms with van der Waals surface area (Å²) >= 11 is 1.17. The van der Waals surface area contributed by atoms with Crippen molar-refractivity contribution in [2.24, 2.45) is 0 Å². The van der Waals surface area contributed by atoms with Crippen LogP contribution in [0.25, 0.3) is 10.6 Å². The Balaban J connectivity index is 1.85. The lowest BCUT2D eigenvalue weighted by molar-refractivity contribution is 0.102. The van der Waals surface area contributed by atoms with Gasteiger partial charge in [0.25, 0.3) is 5.91 Å². The van der Waals surface area contributed by atoms with Gasteiger partial charge in [-0.05, 0) is 19.1 Å². The number of hydrogen-bond donors (Lipinski definition) is 1. The number of anilines is 1. The lowest BCUT2D eigenvalue weighted by Gasteiger charge is -2.06. The summed E-state index contributed by atoms with van der Waals surface area (Å²) in [6, 6.07) is 7.64. The van der Waals surface area contributed by atoms with Gasteiger partial charge in [0.15, 0.2) is 0 Å². The molecule has 122 valence electrons. The summed E-state index contributed by atoms with van der Waals surface area (Å²) in [5.41, 5.74) is 0.390. The number of aryl methyl sites for hydroxylation is 1. The molecule has 1 N–H and O–H groups in total. The standard InChI is InChI=1S/C17H14FN3O2S/c1-2-21-8-7-15(22)13(9-21)19-16(23)14-10-24-17(20-14)11-5-3-4-6-12(11)18/h3-10H,2H2,1H3,(H,19,23). The van der Waals surface area contributed by atoms with Gasteiger partial charge in [0, 0.05) is 35.9 Å². The molecule has 0 atom stereocenters. The minimum absolute atomic E-state index is 0.143. The van der Waals surface area contributed by atoms with Crippen LogP contribution in [0.5, 0.6) is 0 Å². The van der Waals surface area contributed by atoms with Gasteiger partial charge < -0.3 is 9.88 Å². The normalized spacial score (nSPS) is 10.6. The minimum atomic E-state index is -0.500. The van der Waals surface area contributed by atoms with Gasteiger partial charge in [-0.25, -0.2) is 9.37 Å². The molecule has 5 nitrogen and oxygen atoms in total. The van der Waals surface area contributed by atoms with E-state index in [2.05, 4.69) is 10.3 Å². The molecule has 0 aliphatic heterocycles. The van der Waals surface area contributed by atoms with Crippen LogP contribution in [0.3, 0.4) is 0 Å². The fourth-order valence-electron chi connectivity index (χ4n) is 2.14. The number of amides is 1. The van der Waals surface area contributed by atoms with Crippen LogP contribution in [0.1, 0.15) is 17.4 Å². The smallest absolute Gasteiger partial charge is 0.275 e. The van der Waals surface area contributed by atoms with E-state index in [1.807, 2.05) is 6.92 Å². The maximum absolute atomic E-state index is 13.8. The van der Waals surface area contributed by atoms with Crippen LogP contribution in [0.4, 0.5) is 10.1 Å². The number of aromatic nitrogens is 2. The molecule has 0 unspecified atom stereocenters. The fourth-order valence-corrected chi connectivity index (χ4v) is 2.97. The van der Waals surface area contributed by atoms with E-state index >= 15 is 0 Å². The Labute approximate surface area is 141 Å². The van der Waals surface area contributed by atoms with Gasteiger partial charge in [0.05, 0.1) is 0 Å². The molecule has 3 rings (SSSR count). The van der Waals surface area contributed by atoms with Crippen molar-refractivity contribution in [2.45, 2.75) is 13.5 Å². The molecule has 0 aliphatic rings. The maximum atomic E-state index is 13.8. The van der Waals surface area contributed by atoms with Crippen molar-refractivity contribution in [1.29, 1.82) is 0 Å². The van der Waals surface area contributed by atoms with Crippen LogP contribution >= 0.6 is 11.3 Å². The third-order valence-corrected chi connectivity index (χ3v) is 4.31. The quantitative estimate of drug-likeness (QED) is 0.790. The first-order valence-electron chi connectivity index (χ1n) is 7.30. The summed E-state index contributed by atoms with van der Waals surface area (Å²) in [7, 11) is 0. The zero-order valence-corrected chi connectivity index (χ0v) is 13.6. The number of thiazole rings is 1. The van der Waals surface area contributed by atoms with Crippen LogP contribution in [-0.2, 0) is 6.54 Å². The summed E-state index contributed by atoms with van der Waals surface area (Å²) in [6.07, 6.45) is 3.22. The summed E-state index contributed by atoms with van der Waals surface area (Å²) in [5, 5.41) is 4.51. The highest BCUT2D eigenvalue weighted by Crippen LogP contribution is 2.26. The Kier molecular flexibility index (Phi) is 4.52. The van der Waals surface area contributed by atoms with E-state index in [0.717, 1.165) is 0 Å². The van der Waals surface area contributed by atoms with Crippen molar-refractivity contribution >= 4 is 22.9 Å². The lowest BCUT2D eigenvalue weighted by atomic mass is 10.2. The molecule has 1 aromatic carbocycles. The second-order valence-corrected chi connectivity index (χ2v) is 5.88. The number of hydrogen-bond acceptors (Lipinski definition) is 4. The van der Waals surface area contributed by atoms with E-state index < -0.39 is 11.7 Å². The van der Waals surface area contributed by atoms with Crippen LogP contribution in [0.2, 0.25) is 0 Å². The van der Waals surface area contributed by atoms with Gasteiger partial charge in [-0.1, -0.05) is 12.1 Å². The van der Waals surface area contributed by atoms with Crippen molar-refractivity contribution in [2.75, 3.05) is 5.32 Å². The summed E-state index contributed by atoms with van der Waals surface area (Å²) in [4.78, 5) is 28.3. The van der Waals surface area contributed by atoms with Crippen molar-refractivity contribution in [3.63, 3.8) is 0 Å². The maximum Gasteiger partial charge on any atom is 0.275 e. The molecule has 0 bridgehead atoms. The van der Waals surface area contributed by atoms with Crippen molar-refractivity contribution < 1.29 is 9.18 Å². The van der Waals surface area contributed by atoms with E-state index in [9.17, 15) is 14.0 Å². The lowest BCUT2D eigenvalue weighted by Crippen LogP contribution is -2.19. The molecule has 1 amide bonds. The first-order valence-corrected chi connectivity index (χ1v) is 8.18. The summed E-state index contributed by atoms with van der Waals surface area (Å²) < 4.78 is 15.6. The van der Waals surface area contributed by atoms with Gasteiger partial charge in [-0.15, -0.1) is 11.3 Å². The van der Waals surface area contributed by atoms with Crippen molar-refractivity contribution in [1.82, 2.24) is 9.55 Å². The summed E-state index contributed by atoms with van der Waals surface area (Å²) in [6.45, 7) is 2.61. The number of nitrogens with zero attached hydrogens (tertiary/aromatic N) is 2. The Morgan fingerprint density at radius 1 is 1.33 bits per heavy atom. The Hall–Kier alpha value is -2.80. The SMILES string of the molecule is CCn1ccc(=O)c(NC(=O)c2csc(-c3ccccc3F)n2)c1. The third-order valence-electron chi connectivity index (χ3n) is 3.43. The van der Waals surface area contributed by atoms with E-state index in [0.29, 0.717) is 17.1 Å². The molecular weight excluding hydrogens is 329 g/mol. The number of rotatable bonds is 4. The number of carbonyl (C=O) groups is 1. The molecule has 2 aromatic heterocycles. The molecule has 7 heteroatoms. The van der Waals surface area contributed by atoms with Crippen LogP contribution in [-0.4, -0.2) is 15.5 Å². The molecular formula is C17H14FN3O2S. The average molecular weight is 343 g/mol. The second-order valence-electron chi connectivity index (χ2n) is 5.03. The Bertz CT molecular complexity index is 949. The number of pyridine rings is 1. The predicted octanol–water partition coefficient (Wildman–Crippen LogP) is 3.38. The third kappa shape index (κ3) is 3.26. The number of carbonyl (C=O) groups excluding carboxylic acids is 1. The van der Waals surface area contributed by atoms with E-state index in [1.165, 1.54) is 23.5 Å². The highest BCUT2D eigenvalue weighted by Gasteiger charge is 2.15. The number of halogens is 1. The van der Waals surface area contributed by atoms with Crippen molar-refractivity contribution in [3.05, 3.63) is 69.8 Å². The van der Waals surface area contributed by atoms with E-state index in [-0.39, 0.29) is 16.8 Å². The molecule has 3 aromatic rings. The van der Waals surface area contributed by atoms with E-state index in [1.54, 1.807) is 40.5 Å². The molecule has 0 fully saturated rings. The number of benzene rings is 1. The predicted molar refractivity (Wildman–Crippen MR) is 91.8 cm³/mol. The summed E-state index contributed by atoms with van der Waals surface area (Å²) in [5.74, 6) is -0.896. The molecule has 0 spiro atoms. The molecule has 0 aliphatic carbocycles. The largest absolute Gasteiger partial charge is 0.352 e. The topological polar surface area (TPSA) is 64.0 Å². The zero-order valence-electron chi connectivity index (χ0n) is 12.8. The molecule has 0 radical (unpaired) electrons. The second kappa shape index (κ2) is 6.76. The van der Waals surface area contributed by atoms with Crippen molar-refractivity contribution in [3.8, 4) is 10.6 Å². The highest BCUT2D eigenvalue weighted by molar-refractivity contribution is 7.13. The monoisotopic (exact) mass is 343 g/mol. The van der Waals surface area contributed by atoms with Crippen LogP contribution in [0, 0.1) is 5.82 Å². The molecule has 2 heterocycles. The molecule has 0 saturated carbocycles. The van der Waals surface area contributed by atoms with Crippen LogP contribution in [0.15, 0.2) is 52.9 Å². The van der Waals surface area contributed by atoms with Crippen LogP contribution < -0.4 is 10.7 Å². The Morgan fingerprint density at radius 3 is 2.88 bits per heavy atom. The minimum Gasteiger partial charge on any atom is -0.352 e. The molecule has 0 saturated heterocycles. The van der Waals surface area contributed by atoms with Gasteiger partial charge in [-0.3, -0.25) is 9.59 Å². The fraction of sp³-hybridized carbons (Fsp3) is 0.118. The van der Waals surface area contributed by atoms with Gasteiger partial charge in [-0.2, -0.15) is 0 Å². The number of nitrogens with one attached hydrogen (secondary N) is 1. The molecule has 24 heavy (non-hydrogen) atoms. The van der Waals surface area contributed by atoms with Gasteiger partial charge in [0.1, 0.15) is 22.2 Å². The zero-order chi connectivity index (χ0) is 17.1. The average Bonchev–Trinajstić information content (AvgIpc) is 3.07. The first-order chi connectivity index (χ1) is 11.6. The highest BCUT2D eigenvalue weighted by atomic mass is 32.1. The first kappa shape index (κ1) is 16.1. The Morgan fingerprint density at radius 2 is 2.12 bits per heavy atom. The van der Waals surface area contributed by atoms with Gasteiger partial charge >= 0.3 is 0 Å².